The summed E-state index contributed by atoms with van der Waals surface area (Å²) >= 11 is 4.09. The second-order valence-corrected chi connectivity index (χ2v) is 16.6. The van der Waals surface area contributed by atoms with Crippen molar-refractivity contribution in [2.45, 2.75) is 65.6 Å². The SMILES string of the molecule is [B]c1ccccc1Sc1ccc(C(=O)O)cc1S(=O)(=O)C1(C)OB(c2cccc3c2Sc2ccc(C(=O)OC)cc2S3)OC1(C)C. The van der Waals surface area contributed by atoms with Crippen molar-refractivity contribution >= 4 is 83.0 Å². The second-order valence-electron chi connectivity index (χ2n) is 11.2. The Morgan fingerprint density at radius 1 is 0.870 bits per heavy atom. The fourth-order valence-electron chi connectivity index (χ4n) is 5.15. The molecule has 6 rings (SSSR count). The molecule has 0 bridgehead atoms. The summed E-state index contributed by atoms with van der Waals surface area (Å²) in [5.74, 6) is -1.69. The monoisotopic (exact) mass is 688 g/mol. The first kappa shape index (κ1) is 32.8. The van der Waals surface area contributed by atoms with Gasteiger partial charge in [-0.2, -0.15) is 0 Å². The third-order valence-electron chi connectivity index (χ3n) is 8.02. The maximum atomic E-state index is 14.7. The third kappa shape index (κ3) is 5.58. The second kappa shape index (κ2) is 12.1. The van der Waals surface area contributed by atoms with Crippen molar-refractivity contribution in [3.8, 4) is 0 Å². The Kier molecular flexibility index (Phi) is 8.66. The zero-order chi connectivity index (χ0) is 33.0. The van der Waals surface area contributed by atoms with Crippen LogP contribution in [0.3, 0.4) is 0 Å². The molecule has 8 nitrogen and oxygen atoms in total. The Bertz CT molecular complexity index is 2020. The first-order valence-corrected chi connectivity index (χ1v) is 17.9. The van der Waals surface area contributed by atoms with Crippen LogP contribution in [0.5, 0.6) is 0 Å². The minimum Gasteiger partial charge on any atom is -0.478 e. The van der Waals surface area contributed by atoms with Gasteiger partial charge >= 0.3 is 19.1 Å². The molecule has 2 radical (unpaired) electrons. The largest absolute Gasteiger partial charge is 0.496 e. The number of ether oxygens (including phenoxy) is 1. The minimum atomic E-state index is -4.42. The highest BCUT2D eigenvalue weighted by molar-refractivity contribution is 8.05. The topological polar surface area (TPSA) is 116 Å². The molecule has 1 N–H and O–H groups in total. The van der Waals surface area contributed by atoms with Gasteiger partial charge in [0, 0.05) is 29.4 Å². The van der Waals surface area contributed by atoms with Crippen LogP contribution >= 0.6 is 35.3 Å². The third-order valence-corrected chi connectivity index (χ3v) is 14.5. The molecule has 14 heteroatoms. The van der Waals surface area contributed by atoms with E-state index in [1.807, 2.05) is 24.3 Å². The van der Waals surface area contributed by atoms with Gasteiger partial charge in [0.2, 0.25) is 9.84 Å². The molecule has 2 heterocycles. The molecule has 232 valence electrons. The summed E-state index contributed by atoms with van der Waals surface area (Å²) in [6.45, 7) is 4.76. The normalized spacial score (nSPS) is 18.5. The van der Waals surface area contributed by atoms with Gasteiger partial charge in [0.1, 0.15) is 7.85 Å². The number of hydrogen-bond donors (Lipinski definition) is 1. The number of methoxy groups -OCH3 is 1. The van der Waals surface area contributed by atoms with Gasteiger partial charge in [0.15, 0.2) is 4.93 Å². The van der Waals surface area contributed by atoms with Gasteiger partial charge in [-0.05, 0) is 74.8 Å². The van der Waals surface area contributed by atoms with Crippen molar-refractivity contribution in [3.05, 3.63) is 90.0 Å². The van der Waals surface area contributed by atoms with Crippen molar-refractivity contribution in [1.82, 2.24) is 0 Å². The molecule has 1 fully saturated rings. The van der Waals surface area contributed by atoms with Crippen molar-refractivity contribution in [2.24, 2.45) is 0 Å². The van der Waals surface area contributed by atoms with E-state index in [0.717, 1.165) is 37.4 Å². The molecule has 4 aromatic rings. The number of hydrogen-bond acceptors (Lipinski definition) is 10. The van der Waals surface area contributed by atoms with Crippen molar-refractivity contribution in [2.75, 3.05) is 7.11 Å². The number of carbonyl (C=O) groups excluding carboxylic acids is 1. The number of sulfone groups is 1. The fraction of sp³-hybridized carbons (Fsp3) is 0.188. The van der Waals surface area contributed by atoms with Crippen LogP contribution in [-0.4, -0.2) is 58.1 Å². The van der Waals surface area contributed by atoms with Crippen LogP contribution in [0.15, 0.2) is 113 Å². The zero-order valence-electron chi connectivity index (χ0n) is 25.1. The van der Waals surface area contributed by atoms with Crippen LogP contribution in [0.25, 0.3) is 0 Å². The maximum absolute atomic E-state index is 14.7. The summed E-state index contributed by atoms with van der Waals surface area (Å²) in [6, 6.07) is 22.0. The lowest BCUT2D eigenvalue weighted by atomic mass is 9.79. The summed E-state index contributed by atoms with van der Waals surface area (Å²) in [6.07, 6.45) is 0. The lowest BCUT2D eigenvalue weighted by Crippen LogP contribution is -2.51. The van der Waals surface area contributed by atoms with Gasteiger partial charge < -0.3 is 19.2 Å². The van der Waals surface area contributed by atoms with Gasteiger partial charge in [0.05, 0.1) is 28.7 Å². The molecule has 2 aliphatic rings. The molecule has 2 aliphatic heterocycles. The molecule has 0 amide bonds. The number of esters is 1. The molecule has 4 aromatic carbocycles. The van der Waals surface area contributed by atoms with E-state index in [4.69, 9.17) is 21.9 Å². The molecule has 1 unspecified atom stereocenters. The maximum Gasteiger partial charge on any atom is 0.496 e. The predicted octanol–water partition coefficient (Wildman–Crippen LogP) is 5.44. The molecule has 0 saturated carbocycles. The molecular weight excluding hydrogens is 662 g/mol. The summed E-state index contributed by atoms with van der Waals surface area (Å²) < 4.78 is 47.1. The Labute approximate surface area is 281 Å². The van der Waals surface area contributed by atoms with Crippen molar-refractivity contribution in [1.29, 1.82) is 0 Å². The van der Waals surface area contributed by atoms with Crippen LogP contribution in [0, 0.1) is 0 Å². The van der Waals surface area contributed by atoms with Gasteiger partial charge in [-0.1, -0.05) is 71.1 Å². The van der Waals surface area contributed by atoms with Gasteiger partial charge in [0.25, 0.3) is 0 Å². The van der Waals surface area contributed by atoms with Crippen LogP contribution in [-0.2, 0) is 23.9 Å². The van der Waals surface area contributed by atoms with Crippen molar-refractivity contribution < 1.29 is 37.2 Å². The molecule has 46 heavy (non-hydrogen) atoms. The number of aromatic carboxylic acids is 1. The van der Waals surface area contributed by atoms with E-state index in [0.29, 0.717) is 26.3 Å². The van der Waals surface area contributed by atoms with E-state index in [2.05, 4.69) is 0 Å². The van der Waals surface area contributed by atoms with Crippen molar-refractivity contribution in [3.63, 3.8) is 0 Å². The van der Waals surface area contributed by atoms with E-state index < -0.39 is 39.4 Å². The highest BCUT2D eigenvalue weighted by atomic mass is 32.2. The van der Waals surface area contributed by atoms with E-state index in [-0.39, 0.29) is 10.5 Å². The zero-order valence-corrected chi connectivity index (χ0v) is 28.4. The molecule has 1 saturated heterocycles. The van der Waals surface area contributed by atoms with Gasteiger partial charge in [-0.25, -0.2) is 18.0 Å². The minimum absolute atomic E-state index is 0.180. The van der Waals surface area contributed by atoms with E-state index in [1.54, 1.807) is 50.2 Å². The lowest BCUT2D eigenvalue weighted by molar-refractivity contribution is 0.0525. The quantitative estimate of drug-likeness (QED) is 0.174. The van der Waals surface area contributed by atoms with E-state index in [9.17, 15) is 23.1 Å². The summed E-state index contributed by atoms with van der Waals surface area (Å²) in [5.41, 5.74) is -0.00134. The van der Waals surface area contributed by atoms with Crippen LogP contribution in [0.2, 0.25) is 0 Å². The number of carboxylic acids is 1. The Morgan fingerprint density at radius 3 is 2.33 bits per heavy atom. The molecule has 1 atom stereocenters. The summed E-state index contributed by atoms with van der Waals surface area (Å²) in [4.78, 5) is 26.4. The fourth-order valence-corrected chi connectivity index (χ4v) is 10.8. The average Bonchev–Trinajstić information content (AvgIpc) is 3.29. The Hall–Kier alpha value is -3.13. The molecule has 0 spiro atoms. The lowest BCUT2D eigenvalue weighted by Gasteiger charge is -2.36. The highest BCUT2D eigenvalue weighted by Gasteiger charge is 2.63. The van der Waals surface area contributed by atoms with Gasteiger partial charge in [-0.15, -0.1) is 0 Å². The van der Waals surface area contributed by atoms with Crippen LogP contribution in [0.4, 0.5) is 0 Å². The Balaban J connectivity index is 1.38. The first-order chi connectivity index (χ1) is 21.8. The number of carboxylic acid groups (broad SMARTS) is 1. The van der Waals surface area contributed by atoms with Crippen LogP contribution < -0.4 is 10.9 Å². The van der Waals surface area contributed by atoms with E-state index >= 15 is 0 Å². The van der Waals surface area contributed by atoms with Gasteiger partial charge in [-0.3, -0.25) is 0 Å². The Morgan fingerprint density at radius 2 is 1.61 bits per heavy atom. The number of carbonyl (C=O) groups is 2. The summed E-state index contributed by atoms with van der Waals surface area (Å²) in [7, 11) is 2.02. The smallest absolute Gasteiger partial charge is 0.478 e. The number of rotatable bonds is 7. The predicted molar refractivity (Wildman–Crippen MR) is 179 cm³/mol. The molecule has 0 aromatic heterocycles. The average molecular weight is 688 g/mol. The standard InChI is InChI=1S/C32H26B2O8S4/c1-31(2)32(3,46(38,39)27-17-18(29(35)36)12-15-24(27)43-22-10-6-5-8-20(22)33)42-34(41-31)21-9-7-11-25-28(21)45-23-14-13-19(30(37)40-4)16-26(23)44-25/h5-17H,1-4H3,(H,35,36). The van der Waals surface area contributed by atoms with E-state index in [1.165, 1.54) is 49.7 Å². The summed E-state index contributed by atoms with van der Waals surface area (Å²) in [5, 5.41) is 9.76. The van der Waals surface area contributed by atoms with Crippen LogP contribution in [0.1, 0.15) is 41.5 Å². The number of benzene rings is 4. The highest BCUT2D eigenvalue weighted by Crippen LogP contribution is 2.50. The first-order valence-electron chi connectivity index (χ1n) is 14.0. The molecule has 0 aliphatic carbocycles. The number of fused-ring (bicyclic) bond motifs is 2. The molecular formula is C32H26B2O8S4.